The molecular weight excluding hydrogens is 470 g/mol. The van der Waals surface area contributed by atoms with Crippen molar-refractivity contribution < 1.29 is 13.2 Å². The molecule has 0 fully saturated rings. The van der Waals surface area contributed by atoms with E-state index in [1.807, 2.05) is 47.0 Å². The van der Waals surface area contributed by atoms with Gasteiger partial charge in [0.1, 0.15) is 0 Å². The molecule has 0 saturated heterocycles. The normalized spacial score (nSPS) is 13.1. The van der Waals surface area contributed by atoms with Crippen LogP contribution in [0.2, 0.25) is 0 Å². The van der Waals surface area contributed by atoms with Crippen molar-refractivity contribution in [2.24, 2.45) is 0 Å². The minimum absolute atomic E-state index is 0.0591. The van der Waals surface area contributed by atoms with E-state index in [9.17, 15) is 13.2 Å². The first-order valence-corrected chi connectivity index (χ1v) is 13.4. The molecule has 10 heteroatoms. The number of benzene rings is 2. The second kappa shape index (κ2) is 9.03. The first-order chi connectivity index (χ1) is 16.4. The smallest absolute Gasteiger partial charge is 0.232 e. The molecule has 3 heterocycles. The van der Waals surface area contributed by atoms with Crippen molar-refractivity contribution >= 4 is 33.3 Å². The number of hydrogen-bond acceptors (Lipinski definition) is 7. The van der Waals surface area contributed by atoms with Crippen LogP contribution >= 0.6 is 11.8 Å². The molecule has 1 aliphatic heterocycles. The molecule has 0 saturated carbocycles. The van der Waals surface area contributed by atoms with E-state index in [1.54, 1.807) is 30.6 Å². The van der Waals surface area contributed by atoms with E-state index in [0.29, 0.717) is 35.2 Å². The fourth-order valence-electron chi connectivity index (χ4n) is 3.96. The second-order valence-corrected chi connectivity index (χ2v) is 10.7. The maximum atomic E-state index is 13.0. The molecular formula is C24H21N5O3S2. The summed E-state index contributed by atoms with van der Waals surface area (Å²) < 4.78 is 27.2. The van der Waals surface area contributed by atoms with Gasteiger partial charge in [0.2, 0.25) is 10.0 Å². The van der Waals surface area contributed by atoms with Crippen molar-refractivity contribution in [3.05, 3.63) is 84.2 Å². The SMILES string of the molecule is CS(=O)(=O)N1CCc2cc(C(=O)CSc3nnc(-c4cccnc4)n3-c3ccccc3)ccc21. The third kappa shape index (κ3) is 4.34. The van der Waals surface area contributed by atoms with Gasteiger partial charge >= 0.3 is 0 Å². The van der Waals surface area contributed by atoms with Gasteiger partial charge in [0.05, 0.1) is 17.7 Å². The van der Waals surface area contributed by atoms with E-state index in [1.165, 1.54) is 22.3 Å². The summed E-state index contributed by atoms with van der Waals surface area (Å²) in [6.07, 6.45) is 5.22. The van der Waals surface area contributed by atoms with E-state index in [0.717, 1.165) is 16.8 Å². The Morgan fingerprint density at radius 2 is 1.88 bits per heavy atom. The largest absolute Gasteiger partial charge is 0.293 e. The van der Waals surface area contributed by atoms with Crippen LogP contribution in [-0.2, 0) is 16.4 Å². The van der Waals surface area contributed by atoms with Crippen LogP contribution in [0.4, 0.5) is 5.69 Å². The van der Waals surface area contributed by atoms with Gasteiger partial charge < -0.3 is 0 Å². The van der Waals surface area contributed by atoms with Gasteiger partial charge in [-0.15, -0.1) is 10.2 Å². The monoisotopic (exact) mass is 491 g/mol. The zero-order chi connectivity index (χ0) is 23.7. The van der Waals surface area contributed by atoms with Gasteiger partial charge in [0.25, 0.3) is 0 Å². The number of fused-ring (bicyclic) bond motifs is 1. The average Bonchev–Trinajstić information content (AvgIpc) is 3.47. The number of Topliss-reactive ketones (excluding diaryl/α,β-unsaturated/α-hetero) is 1. The number of nitrogens with zero attached hydrogens (tertiary/aromatic N) is 5. The zero-order valence-corrected chi connectivity index (χ0v) is 20.0. The predicted molar refractivity (Wildman–Crippen MR) is 132 cm³/mol. The van der Waals surface area contributed by atoms with Crippen molar-refractivity contribution in [1.82, 2.24) is 19.7 Å². The number of hydrogen-bond donors (Lipinski definition) is 0. The summed E-state index contributed by atoms with van der Waals surface area (Å²) >= 11 is 1.31. The van der Waals surface area contributed by atoms with E-state index in [2.05, 4.69) is 15.2 Å². The van der Waals surface area contributed by atoms with Crippen LogP contribution in [0.25, 0.3) is 17.1 Å². The number of sulfonamides is 1. The van der Waals surface area contributed by atoms with Gasteiger partial charge in [0.15, 0.2) is 16.8 Å². The summed E-state index contributed by atoms with van der Waals surface area (Å²) in [5, 5.41) is 9.32. The number of para-hydroxylation sites is 1. The van der Waals surface area contributed by atoms with Crippen molar-refractivity contribution in [2.45, 2.75) is 11.6 Å². The van der Waals surface area contributed by atoms with Gasteiger partial charge in [0, 0.05) is 35.8 Å². The number of pyridine rings is 1. The third-order valence-corrected chi connectivity index (χ3v) is 7.66. The van der Waals surface area contributed by atoms with Crippen LogP contribution in [-0.4, -0.2) is 52.5 Å². The molecule has 0 atom stereocenters. The lowest BCUT2D eigenvalue weighted by atomic mass is 10.1. The Morgan fingerprint density at radius 3 is 2.62 bits per heavy atom. The van der Waals surface area contributed by atoms with Gasteiger partial charge in [-0.2, -0.15) is 0 Å². The highest BCUT2D eigenvalue weighted by Crippen LogP contribution is 2.32. The number of anilines is 1. The van der Waals surface area contributed by atoms with Crippen molar-refractivity contribution in [3.63, 3.8) is 0 Å². The summed E-state index contributed by atoms with van der Waals surface area (Å²) in [5.41, 5.74) is 3.79. The number of thioether (sulfide) groups is 1. The minimum atomic E-state index is -3.33. The molecule has 0 amide bonds. The van der Waals surface area contributed by atoms with E-state index in [-0.39, 0.29) is 11.5 Å². The number of carbonyl (C=O) groups is 1. The minimum Gasteiger partial charge on any atom is -0.293 e. The molecule has 172 valence electrons. The lowest BCUT2D eigenvalue weighted by Gasteiger charge is -2.16. The lowest BCUT2D eigenvalue weighted by Crippen LogP contribution is -2.27. The summed E-state index contributed by atoms with van der Waals surface area (Å²) in [6.45, 7) is 0.401. The van der Waals surface area contributed by atoms with Crippen LogP contribution < -0.4 is 4.31 Å². The van der Waals surface area contributed by atoms with Gasteiger partial charge in [-0.25, -0.2) is 8.42 Å². The molecule has 0 radical (unpaired) electrons. The first kappa shape index (κ1) is 22.3. The zero-order valence-electron chi connectivity index (χ0n) is 18.3. The topological polar surface area (TPSA) is 98.1 Å². The third-order valence-electron chi connectivity index (χ3n) is 5.55. The fraction of sp³-hybridized carbons (Fsp3) is 0.167. The lowest BCUT2D eigenvalue weighted by molar-refractivity contribution is 0.102. The maximum absolute atomic E-state index is 13.0. The Morgan fingerprint density at radius 1 is 1.06 bits per heavy atom. The molecule has 0 aliphatic carbocycles. The standard InChI is InChI=1S/C24H21N5O3S2/c1-34(31,32)28-13-11-17-14-18(9-10-21(17)28)22(30)16-33-24-27-26-23(19-6-5-12-25-15-19)29(24)20-7-3-2-4-8-20/h2-10,12,14-15H,11,13,16H2,1H3. The quantitative estimate of drug-likeness (QED) is 0.288. The molecule has 1 aliphatic rings. The van der Waals surface area contributed by atoms with E-state index < -0.39 is 10.0 Å². The number of aromatic nitrogens is 4. The summed E-state index contributed by atoms with van der Waals surface area (Å²) in [6, 6.07) is 18.7. The molecule has 2 aromatic heterocycles. The molecule has 2 aromatic carbocycles. The van der Waals surface area contributed by atoms with Gasteiger partial charge in [-0.05, 0) is 54.4 Å². The Labute approximate surface area is 201 Å². The molecule has 0 unspecified atom stereocenters. The van der Waals surface area contributed by atoms with Crippen LogP contribution in [0.1, 0.15) is 15.9 Å². The van der Waals surface area contributed by atoms with Crippen molar-refractivity contribution in [3.8, 4) is 17.1 Å². The van der Waals surface area contributed by atoms with Gasteiger partial charge in [-0.1, -0.05) is 30.0 Å². The molecule has 34 heavy (non-hydrogen) atoms. The fourth-order valence-corrected chi connectivity index (χ4v) is 5.76. The predicted octanol–water partition coefficient (Wildman–Crippen LogP) is 3.63. The second-order valence-electron chi connectivity index (χ2n) is 7.86. The van der Waals surface area contributed by atoms with Crippen LogP contribution in [0, 0.1) is 0 Å². The van der Waals surface area contributed by atoms with Crippen molar-refractivity contribution in [2.75, 3.05) is 22.9 Å². The first-order valence-electron chi connectivity index (χ1n) is 10.6. The molecule has 8 nitrogen and oxygen atoms in total. The Kier molecular flexibility index (Phi) is 5.93. The summed E-state index contributed by atoms with van der Waals surface area (Å²) in [5.74, 6) is 0.760. The van der Waals surface area contributed by atoms with Gasteiger partial charge in [-0.3, -0.25) is 18.7 Å². The molecule has 0 spiro atoms. The number of ketones is 1. The number of rotatable bonds is 7. The number of carbonyl (C=O) groups excluding carboxylic acids is 1. The molecule has 0 bridgehead atoms. The van der Waals surface area contributed by atoms with Crippen LogP contribution in [0.15, 0.2) is 78.2 Å². The summed E-state index contributed by atoms with van der Waals surface area (Å²) in [7, 11) is -3.33. The molecule has 0 N–H and O–H groups in total. The average molecular weight is 492 g/mol. The molecule has 4 aromatic rings. The Hall–Kier alpha value is -3.50. The highest BCUT2D eigenvalue weighted by molar-refractivity contribution is 7.99. The highest BCUT2D eigenvalue weighted by Gasteiger charge is 2.27. The Bertz CT molecular complexity index is 1450. The van der Waals surface area contributed by atoms with E-state index >= 15 is 0 Å². The highest BCUT2D eigenvalue weighted by atomic mass is 32.2. The van der Waals surface area contributed by atoms with Crippen LogP contribution in [0.3, 0.4) is 0 Å². The Balaban J connectivity index is 1.40. The van der Waals surface area contributed by atoms with Crippen LogP contribution in [0.5, 0.6) is 0 Å². The molecule has 5 rings (SSSR count). The maximum Gasteiger partial charge on any atom is 0.232 e. The van der Waals surface area contributed by atoms with E-state index in [4.69, 9.17) is 0 Å². The summed E-state index contributed by atoms with van der Waals surface area (Å²) in [4.78, 5) is 17.2. The van der Waals surface area contributed by atoms with Crippen molar-refractivity contribution in [1.29, 1.82) is 0 Å².